The van der Waals surface area contributed by atoms with Crippen LogP contribution in [0.15, 0.2) is 65.2 Å². The van der Waals surface area contributed by atoms with Gasteiger partial charge < -0.3 is 5.32 Å². The molecule has 1 amide bonds. The molecule has 0 saturated carbocycles. The van der Waals surface area contributed by atoms with E-state index < -0.39 is 0 Å². The van der Waals surface area contributed by atoms with E-state index in [1.165, 1.54) is 22.2 Å². The molecule has 27 heavy (non-hydrogen) atoms. The number of aryl methyl sites for hydroxylation is 1. The van der Waals surface area contributed by atoms with Crippen LogP contribution in [0.25, 0.3) is 21.3 Å². The Morgan fingerprint density at radius 2 is 1.96 bits per heavy atom. The van der Waals surface area contributed by atoms with Crippen molar-refractivity contribution in [3.05, 3.63) is 76.3 Å². The van der Waals surface area contributed by atoms with E-state index in [1.54, 1.807) is 12.3 Å². The summed E-state index contributed by atoms with van der Waals surface area (Å²) in [6, 6.07) is 13.4. The fourth-order valence-corrected chi connectivity index (χ4v) is 3.76. The number of carbonyl (C=O) groups excluding carboxylic acids is 1. The molecule has 0 fully saturated rings. The molecule has 6 nitrogen and oxygen atoms in total. The molecule has 1 aromatic carbocycles. The van der Waals surface area contributed by atoms with E-state index in [-0.39, 0.29) is 18.0 Å². The number of nitrogens with zero attached hydrogens (tertiary/aromatic N) is 3. The van der Waals surface area contributed by atoms with Gasteiger partial charge in [-0.15, -0.1) is 11.3 Å². The number of benzene rings is 1. The molecule has 0 spiro atoms. The van der Waals surface area contributed by atoms with E-state index in [4.69, 9.17) is 0 Å². The maximum absolute atomic E-state index is 13.0. The first-order chi connectivity index (χ1) is 13.1. The minimum absolute atomic E-state index is 0.123. The third-order valence-corrected chi connectivity index (χ3v) is 5.11. The molecule has 1 N–H and O–H groups in total. The summed E-state index contributed by atoms with van der Waals surface area (Å²) in [5, 5.41) is 5.20. The van der Waals surface area contributed by atoms with Gasteiger partial charge in [0, 0.05) is 17.1 Å². The van der Waals surface area contributed by atoms with Gasteiger partial charge in [0.1, 0.15) is 17.2 Å². The number of aromatic nitrogens is 3. The maximum Gasteiger partial charge on any atom is 0.263 e. The molecule has 0 radical (unpaired) electrons. The number of hydrogen-bond acceptors (Lipinski definition) is 5. The number of hydrogen-bond donors (Lipinski definition) is 1. The quantitative estimate of drug-likeness (QED) is 0.592. The Labute approximate surface area is 159 Å². The van der Waals surface area contributed by atoms with Gasteiger partial charge in [-0.25, -0.2) is 9.97 Å². The number of fused-ring (bicyclic) bond motifs is 1. The smallest absolute Gasteiger partial charge is 0.263 e. The van der Waals surface area contributed by atoms with Crippen molar-refractivity contribution in [1.29, 1.82) is 0 Å². The predicted octanol–water partition coefficient (Wildman–Crippen LogP) is 3.47. The van der Waals surface area contributed by atoms with Crippen LogP contribution >= 0.6 is 11.3 Å². The lowest BCUT2D eigenvalue weighted by Gasteiger charge is -2.08. The number of carbonyl (C=O) groups is 1. The monoisotopic (exact) mass is 376 g/mol. The number of nitrogens with one attached hydrogen (secondary N) is 1. The second-order valence-corrected chi connectivity index (χ2v) is 6.95. The van der Waals surface area contributed by atoms with E-state index in [0.717, 1.165) is 16.7 Å². The fourth-order valence-electron chi connectivity index (χ4n) is 2.85. The Kier molecular flexibility index (Phi) is 4.52. The van der Waals surface area contributed by atoms with Crippen molar-refractivity contribution < 1.29 is 4.79 Å². The zero-order valence-electron chi connectivity index (χ0n) is 14.5. The van der Waals surface area contributed by atoms with E-state index in [2.05, 4.69) is 15.3 Å². The molecular formula is C20H16N4O2S. The van der Waals surface area contributed by atoms with Gasteiger partial charge in [-0.2, -0.15) is 0 Å². The standard InChI is InChI=1S/C20H16N4O2S/c1-13-6-5-9-21-18(13)23-16(25)10-24-12-22-19-17(20(24)26)15(11-27-19)14-7-3-2-4-8-14/h2-9,11-12H,10H2,1H3,(H,21,23,25). The first-order valence-corrected chi connectivity index (χ1v) is 9.25. The van der Waals surface area contributed by atoms with Crippen LogP contribution < -0.4 is 10.9 Å². The van der Waals surface area contributed by atoms with Gasteiger partial charge in [0.15, 0.2) is 0 Å². The lowest BCUT2D eigenvalue weighted by atomic mass is 10.1. The zero-order chi connectivity index (χ0) is 18.8. The lowest BCUT2D eigenvalue weighted by Crippen LogP contribution is -2.28. The molecular weight excluding hydrogens is 360 g/mol. The van der Waals surface area contributed by atoms with Crippen molar-refractivity contribution in [3.63, 3.8) is 0 Å². The lowest BCUT2D eigenvalue weighted by molar-refractivity contribution is -0.116. The van der Waals surface area contributed by atoms with Gasteiger partial charge in [0.05, 0.1) is 11.7 Å². The van der Waals surface area contributed by atoms with Gasteiger partial charge in [0.2, 0.25) is 5.91 Å². The maximum atomic E-state index is 13.0. The van der Waals surface area contributed by atoms with Crippen LogP contribution in [0.2, 0.25) is 0 Å². The second-order valence-electron chi connectivity index (χ2n) is 6.09. The van der Waals surface area contributed by atoms with E-state index in [9.17, 15) is 9.59 Å². The van der Waals surface area contributed by atoms with Crippen molar-refractivity contribution in [3.8, 4) is 11.1 Å². The second kappa shape index (κ2) is 7.13. The number of pyridine rings is 1. The molecule has 0 unspecified atom stereocenters. The average Bonchev–Trinajstić information content (AvgIpc) is 3.11. The SMILES string of the molecule is Cc1cccnc1NC(=O)Cn1cnc2scc(-c3ccccc3)c2c1=O. The highest BCUT2D eigenvalue weighted by atomic mass is 32.1. The Bertz CT molecular complexity index is 1180. The molecule has 7 heteroatoms. The summed E-state index contributed by atoms with van der Waals surface area (Å²) in [5.41, 5.74) is 2.42. The summed E-state index contributed by atoms with van der Waals surface area (Å²) in [6.07, 6.45) is 3.03. The summed E-state index contributed by atoms with van der Waals surface area (Å²) in [4.78, 5) is 34.5. The molecule has 3 heterocycles. The van der Waals surface area contributed by atoms with E-state index >= 15 is 0 Å². The molecule has 0 bridgehead atoms. The average molecular weight is 376 g/mol. The van der Waals surface area contributed by atoms with Gasteiger partial charge in [-0.3, -0.25) is 14.2 Å². The van der Waals surface area contributed by atoms with Crippen LogP contribution in [-0.4, -0.2) is 20.4 Å². The molecule has 0 aliphatic rings. The highest BCUT2D eigenvalue weighted by Gasteiger charge is 2.15. The number of anilines is 1. The summed E-state index contributed by atoms with van der Waals surface area (Å²) in [6.45, 7) is 1.74. The molecule has 0 atom stereocenters. The molecule has 4 aromatic rings. The van der Waals surface area contributed by atoms with Crippen LogP contribution in [0.5, 0.6) is 0 Å². The molecule has 4 rings (SSSR count). The molecule has 0 aliphatic carbocycles. The Hall–Kier alpha value is -3.32. The normalized spacial score (nSPS) is 10.9. The van der Waals surface area contributed by atoms with E-state index in [0.29, 0.717) is 16.0 Å². The first-order valence-electron chi connectivity index (χ1n) is 8.37. The highest BCUT2D eigenvalue weighted by molar-refractivity contribution is 7.17. The Morgan fingerprint density at radius 1 is 1.15 bits per heavy atom. The van der Waals surface area contributed by atoms with Crippen LogP contribution in [0.3, 0.4) is 0 Å². The number of rotatable bonds is 4. The van der Waals surface area contributed by atoms with Gasteiger partial charge in [0.25, 0.3) is 5.56 Å². The molecule has 3 aromatic heterocycles. The van der Waals surface area contributed by atoms with Crippen molar-refractivity contribution in [2.75, 3.05) is 5.32 Å². The summed E-state index contributed by atoms with van der Waals surface area (Å²) in [7, 11) is 0. The summed E-state index contributed by atoms with van der Waals surface area (Å²) in [5.74, 6) is 0.168. The van der Waals surface area contributed by atoms with Crippen molar-refractivity contribution in [2.24, 2.45) is 0 Å². The van der Waals surface area contributed by atoms with Crippen LogP contribution in [0, 0.1) is 6.92 Å². The van der Waals surface area contributed by atoms with Crippen molar-refractivity contribution in [2.45, 2.75) is 13.5 Å². The van der Waals surface area contributed by atoms with Gasteiger partial charge >= 0.3 is 0 Å². The van der Waals surface area contributed by atoms with Crippen molar-refractivity contribution in [1.82, 2.24) is 14.5 Å². The third-order valence-electron chi connectivity index (χ3n) is 4.23. The largest absolute Gasteiger partial charge is 0.309 e. The minimum atomic E-state index is -0.323. The van der Waals surface area contributed by atoms with Gasteiger partial charge in [-0.1, -0.05) is 36.4 Å². The molecule has 0 saturated heterocycles. The first kappa shape index (κ1) is 17.1. The fraction of sp³-hybridized carbons (Fsp3) is 0.100. The van der Waals surface area contributed by atoms with E-state index in [1.807, 2.05) is 48.7 Å². The van der Waals surface area contributed by atoms with Crippen molar-refractivity contribution >= 4 is 33.3 Å². The van der Waals surface area contributed by atoms with Gasteiger partial charge in [-0.05, 0) is 24.1 Å². The third kappa shape index (κ3) is 3.37. The zero-order valence-corrected chi connectivity index (χ0v) is 15.4. The molecule has 134 valence electrons. The Morgan fingerprint density at radius 3 is 2.74 bits per heavy atom. The van der Waals surface area contributed by atoms with Crippen LogP contribution in [0.4, 0.5) is 5.82 Å². The van der Waals surface area contributed by atoms with Crippen LogP contribution in [-0.2, 0) is 11.3 Å². The highest BCUT2D eigenvalue weighted by Crippen LogP contribution is 2.30. The topological polar surface area (TPSA) is 76.9 Å². The number of amides is 1. The molecule has 0 aliphatic heterocycles. The predicted molar refractivity (Wildman–Crippen MR) is 107 cm³/mol. The number of thiophene rings is 1. The summed E-state index contributed by atoms with van der Waals surface area (Å²) < 4.78 is 1.33. The van der Waals surface area contributed by atoms with Crippen LogP contribution in [0.1, 0.15) is 5.56 Å². The summed E-state index contributed by atoms with van der Waals surface area (Å²) >= 11 is 1.42. The minimum Gasteiger partial charge on any atom is -0.309 e. The Balaban J connectivity index is 1.67.